The number of esters is 1. The Hall–Kier alpha value is -3.39. The van der Waals surface area contributed by atoms with Gasteiger partial charge in [0.05, 0.1) is 6.54 Å². The molecule has 2 aromatic rings. The third-order valence-electron chi connectivity index (χ3n) is 4.43. The zero-order valence-corrected chi connectivity index (χ0v) is 17.4. The van der Waals surface area contributed by atoms with Crippen LogP contribution in [0, 0.1) is 0 Å². The molecule has 2 amide bonds. The van der Waals surface area contributed by atoms with Crippen molar-refractivity contribution < 1.29 is 23.9 Å². The Bertz CT molecular complexity index is 814. The molecule has 8 nitrogen and oxygen atoms in total. The van der Waals surface area contributed by atoms with Crippen LogP contribution in [0.4, 0.5) is 4.79 Å². The standard InChI is InChI=1S/C23H29N3O5/c24-15-21(27)26-20(22(28)30-16-18-9-3-1-4-10-18)13-7-8-14-25-23(29)31-17-19-11-5-2-6-12-19/h1-6,9-12,20H,7-8,13-17,24H2,(H,25,29)(H,26,27)/t20-/m0/s1. The Balaban J connectivity index is 1.68. The largest absolute Gasteiger partial charge is 0.459 e. The molecule has 0 bridgehead atoms. The SMILES string of the molecule is NCC(=O)N[C@@H](CCCCNC(=O)OCc1ccccc1)C(=O)OCc1ccccc1. The zero-order valence-electron chi connectivity index (χ0n) is 17.4. The van der Waals surface area contributed by atoms with Gasteiger partial charge in [-0.15, -0.1) is 0 Å². The second kappa shape index (κ2) is 13.8. The van der Waals surface area contributed by atoms with Crippen molar-refractivity contribution in [3.05, 3.63) is 71.8 Å². The molecule has 0 unspecified atom stereocenters. The molecule has 0 fully saturated rings. The number of amides is 2. The molecular weight excluding hydrogens is 398 g/mol. The van der Waals surface area contributed by atoms with Crippen LogP contribution in [0.15, 0.2) is 60.7 Å². The summed E-state index contributed by atoms with van der Waals surface area (Å²) in [5.41, 5.74) is 7.11. The van der Waals surface area contributed by atoms with Gasteiger partial charge in [0.15, 0.2) is 0 Å². The maximum atomic E-state index is 12.4. The number of ether oxygens (including phenoxy) is 2. The van der Waals surface area contributed by atoms with Gasteiger partial charge in [-0.1, -0.05) is 60.7 Å². The molecule has 0 heterocycles. The molecule has 0 spiro atoms. The van der Waals surface area contributed by atoms with Gasteiger partial charge in [0.1, 0.15) is 19.3 Å². The van der Waals surface area contributed by atoms with Crippen LogP contribution >= 0.6 is 0 Å². The number of nitrogens with one attached hydrogen (secondary N) is 2. The van der Waals surface area contributed by atoms with Crippen molar-refractivity contribution in [2.24, 2.45) is 5.73 Å². The lowest BCUT2D eigenvalue weighted by atomic mass is 10.1. The molecule has 2 aromatic carbocycles. The number of nitrogens with two attached hydrogens (primary N) is 1. The second-order valence-corrected chi connectivity index (χ2v) is 6.90. The first-order valence-electron chi connectivity index (χ1n) is 10.2. The number of hydrogen-bond acceptors (Lipinski definition) is 6. The van der Waals surface area contributed by atoms with Gasteiger partial charge in [0, 0.05) is 6.54 Å². The highest BCUT2D eigenvalue weighted by molar-refractivity contribution is 5.85. The fraction of sp³-hybridized carbons (Fsp3) is 0.348. The summed E-state index contributed by atoms with van der Waals surface area (Å²) in [7, 11) is 0. The van der Waals surface area contributed by atoms with E-state index in [0.717, 1.165) is 11.1 Å². The van der Waals surface area contributed by atoms with E-state index in [4.69, 9.17) is 15.2 Å². The van der Waals surface area contributed by atoms with Crippen LogP contribution in [0.1, 0.15) is 30.4 Å². The quantitative estimate of drug-likeness (QED) is 0.353. The van der Waals surface area contributed by atoms with Gasteiger partial charge in [-0.25, -0.2) is 9.59 Å². The average Bonchev–Trinajstić information content (AvgIpc) is 2.81. The summed E-state index contributed by atoms with van der Waals surface area (Å²) in [6.45, 7) is 0.512. The first kappa shape index (κ1) is 23.9. The smallest absolute Gasteiger partial charge is 0.407 e. The lowest BCUT2D eigenvalue weighted by molar-refractivity contribution is -0.149. The Labute approximate surface area is 182 Å². The first-order chi connectivity index (χ1) is 15.1. The van der Waals surface area contributed by atoms with Gasteiger partial charge < -0.3 is 25.8 Å². The Morgan fingerprint density at radius 1 is 0.839 bits per heavy atom. The van der Waals surface area contributed by atoms with Gasteiger partial charge in [-0.3, -0.25) is 4.79 Å². The van der Waals surface area contributed by atoms with Gasteiger partial charge in [-0.2, -0.15) is 0 Å². The molecule has 0 radical (unpaired) electrons. The molecule has 8 heteroatoms. The summed E-state index contributed by atoms with van der Waals surface area (Å²) in [6.07, 6.45) is 1.08. The van der Waals surface area contributed by atoms with Gasteiger partial charge in [-0.05, 0) is 30.4 Å². The molecule has 1 atom stereocenters. The lowest BCUT2D eigenvalue weighted by Gasteiger charge is -2.17. The van der Waals surface area contributed by atoms with Crippen molar-refractivity contribution >= 4 is 18.0 Å². The van der Waals surface area contributed by atoms with Crippen molar-refractivity contribution in [1.29, 1.82) is 0 Å². The molecule has 4 N–H and O–H groups in total. The molecule has 0 saturated heterocycles. The fourth-order valence-electron chi connectivity index (χ4n) is 2.77. The molecule has 31 heavy (non-hydrogen) atoms. The lowest BCUT2D eigenvalue weighted by Crippen LogP contribution is -2.44. The van der Waals surface area contributed by atoms with Crippen LogP contribution in [0.25, 0.3) is 0 Å². The minimum atomic E-state index is -0.787. The monoisotopic (exact) mass is 427 g/mol. The minimum absolute atomic E-state index is 0.128. The predicted molar refractivity (Wildman–Crippen MR) is 116 cm³/mol. The second-order valence-electron chi connectivity index (χ2n) is 6.90. The number of carbonyl (C=O) groups is 3. The van der Waals surface area contributed by atoms with Gasteiger partial charge >= 0.3 is 12.1 Å². The molecule has 2 rings (SSSR count). The van der Waals surface area contributed by atoms with Gasteiger partial charge in [0.25, 0.3) is 0 Å². The van der Waals surface area contributed by atoms with E-state index in [1.165, 1.54) is 0 Å². The van der Waals surface area contributed by atoms with E-state index in [0.29, 0.717) is 25.8 Å². The topological polar surface area (TPSA) is 120 Å². The van der Waals surface area contributed by atoms with E-state index in [2.05, 4.69) is 10.6 Å². The molecule has 0 aliphatic heterocycles. The first-order valence-corrected chi connectivity index (χ1v) is 10.2. The summed E-state index contributed by atoms with van der Waals surface area (Å²) in [5, 5.41) is 5.26. The van der Waals surface area contributed by atoms with Crippen LogP contribution in [-0.2, 0) is 32.3 Å². The Morgan fingerprint density at radius 2 is 1.42 bits per heavy atom. The zero-order chi connectivity index (χ0) is 22.3. The number of alkyl carbamates (subject to hydrolysis) is 1. The van der Waals surface area contributed by atoms with E-state index in [1.54, 1.807) is 0 Å². The molecule has 166 valence electrons. The fourth-order valence-corrected chi connectivity index (χ4v) is 2.77. The molecular formula is C23H29N3O5. The van der Waals surface area contributed by atoms with E-state index < -0.39 is 24.0 Å². The van der Waals surface area contributed by atoms with Crippen LogP contribution in [0.2, 0.25) is 0 Å². The molecule has 0 aromatic heterocycles. The van der Waals surface area contributed by atoms with Crippen molar-refractivity contribution in [2.45, 2.75) is 38.5 Å². The molecule has 0 saturated carbocycles. The van der Waals surface area contributed by atoms with Crippen molar-refractivity contribution in [3.8, 4) is 0 Å². The predicted octanol–water partition coefficient (Wildman–Crippen LogP) is 2.27. The number of rotatable bonds is 12. The summed E-state index contributed by atoms with van der Waals surface area (Å²) >= 11 is 0. The van der Waals surface area contributed by atoms with Gasteiger partial charge in [0.2, 0.25) is 5.91 Å². The number of carbonyl (C=O) groups excluding carboxylic acids is 3. The van der Waals surface area contributed by atoms with E-state index in [9.17, 15) is 14.4 Å². The van der Waals surface area contributed by atoms with Crippen molar-refractivity contribution in [3.63, 3.8) is 0 Å². The summed E-state index contributed by atoms with van der Waals surface area (Å²) < 4.78 is 10.5. The molecule has 0 aliphatic rings. The summed E-state index contributed by atoms with van der Waals surface area (Å²) in [5.74, 6) is -0.940. The maximum Gasteiger partial charge on any atom is 0.407 e. The van der Waals surface area contributed by atoms with E-state index in [1.807, 2.05) is 60.7 Å². The van der Waals surface area contributed by atoms with Crippen molar-refractivity contribution in [2.75, 3.05) is 13.1 Å². The Kier molecular flexibility index (Phi) is 10.6. The maximum absolute atomic E-state index is 12.4. The van der Waals surface area contributed by atoms with Crippen molar-refractivity contribution in [1.82, 2.24) is 10.6 Å². The minimum Gasteiger partial charge on any atom is -0.459 e. The van der Waals surface area contributed by atoms with E-state index >= 15 is 0 Å². The highest BCUT2D eigenvalue weighted by atomic mass is 16.5. The highest BCUT2D eigenvalue weighted by Gasteiger charge is 2.21. The van der Waals surface area contributed by atoms with Crippen LogP contribution in [0.5, 0.6) is 0 Å². The Morgan fingerprint density at radius 3 is 2.00 bits per heavy atom. The van der Waals surface area contributed by atoms with E-state index in [-0.39, 0.29) is 19.8 Å². The third-order valence-corrected chi connectivity index (χ3v) is 4.43. The number of benzene rings is 2. The van der Waals surface area contributed by atoms with Crippen LogP contribution in [0.3, 0.4) is 0 Å². The van der Waals surface area contributed by atoms with Crippen LogP contribution < -0.4 is 16.4 Å². The summed E-state index contributed by atoms with van der Waals surface area (Å²) in [6, 6.07) is 17.9. The molecule has 0 aliphatic carbocycles. The number of hydrogen-bond donors (Lipinski definition) is 3. The van der Waals surface area contributed by atoms with Crippen LogP contribution in [-0.4, -0.2) is 37.1 Å². The highest BCUT2D eigenvalue weighted by Crippen LogP contribution is 2.07. The third kappa shape index (κ3) is 9.77. The summed E-state index contributed by atoms with van der Waals surface area (Å²) in [4.78, 5) is 35.8. The normalized spacial score (nSPS) is 11.3. The number of unbranched alkanes of at least 4 members (excludes halogenated alkanes) is 1. The average molecular weight is 428 g/mol.